The number of aliphatic hydroxyl groups excluding tert-OH is 1. The van der Waals surface area contributed by atoms with Gasteiger partial charge in [-0.25, -0.2) is 0 Å². The van der Waals surface area contributed by atoms with Crippen LogP contribution in [0.15, 0.2) is 30.3 Å². The van der Waals surface area contributed by atoms with Gasteiger partial charge in [-0.2, -0.15) is 0 Å². The molecule has 2 rings (SSSR count). The predicted octanol–water partition coefficient (Wildman–Crippen LogP) is 1.77. The van der Waals surface area contributed by atoms with Gasteiger partial charge in [-0.1, -0.05) is 30.3 Å². The van der Waals surface area contributed by atoms with Gasteiger partial charge in [0.1, 0.15) is 0 Å². The summed E-state index contributed by atoms with van der Waals surface area (Å²) in [5, 5.41) is 9.23. The van der Waals surface area contributed by atoms with E-state index in [9.17, 15) is 9.90 Å². The van der Waals surface area contributed by atoms with Crippen molar-refractivity contribution >= 4 is 5.91 Å². The fourth-order valence-electron chi connectivity index (χ4n) is 3.09. The Kier molecular flexibility index (Phi) is 6.21. The van der Waals surface area contributed by atoms with Crippen molar-refractivity contribution in [3.05, 3.63) is 35.9 Å². The summed E-state index contributed by atoms with van der Waals surface area (Å²) in [6.07, 6.45) is 3.95. The smallest absolute Gasteiger partial charge is 0.226 e. The lowest BCUT2D eigenvalue weighted by molar-refractivity contribution is -0.138. The largest absolute Gasteiger partial charge is 0.395 e. The van der Waals surface area contributed by atoms with Crippen LogP contribution in [0.2, 0.25) is 0 Å². The quantitative estimate of drug-likeness (QED) is 0.839. The molecule has 1 aromatic rings. The normalized spacial score (nSPS) is 22.0. The number of amides is 1. The first-order valence-corrected chi connectivity index (χ1v) is 7.88. The number of carbonyl (C=O) groups excluding carboxylic acids is 1. The molecule has 1 amide bonds. The van der Waals surface area contributed by atoms with E-state index in [0.29, 0.717) is 19.0 Å². The van der Waals surface area contributed by atoms with E-state index in [1.807, 2.05) is 30.3 Å². The van der Waals surface area contributed by atoms with Crippen LogP contribution in [0.4, 0.5) is 0 Å². The maximum absolute atomic E-state index is 12.7. The topological polar surface area (TPSA) is 66.6 Å². The molecule has 0 spiro atoms. The summed E-state index contributed by atoms with van der Waals surface area (Å²) in [5.74, 6) is 0.862. The fraction of sp³-hybridized carbons (Fsp3) is 0.588. The van der Waals surface area contributed by atoms with E-state index in [1.165, 1.54) is 0 Å². The van der Waals surface area contributed by atoms with Crippen molar-refractivity contribution in [3.63, 3.8) is 0 Å². The van der Waals surface area contributed by atoms with Gasteiger partial charge < -0.3 is 15.7 Å². The average molecular weight is 290 g/mol. The third kappa shape index (κ3) is 4.55. The third-order valence-electron chi connectivity index (χ3n) is 4.43. The third-order valence-corrected chi connectivity index (χ3v) is 4.43. The van der Waals surface area contributed by atoms with Crippen LogP contribution in [0.1, 0.15) is 31.2 Å². The molecule has 0 radical (unpaired) electrons. The number of carbonyl (C=O) groups is 1. The summed E-state index contributed by atoms with van der Waals surface area (Å²) < 4.78 is 0. The minimum absolute atomic E-state index is 0.0106. The summed E-state index contributed by atoms with van der Waals surface area (Å²) in [7, 11) is 0. The van der Waals surface area contributed by atoms with Gasteiger partial charge in [-0.05, 0) is 43.7 Å². The molecule has 1 saturated carbocycles. The number of aliphatic hydroxyl groups is 1. The first kappa shape index (κ1) is 16.0. The zero-order valence-corrected chi connectivity index (χ0v) is 12.6. The molecule has 3 N–H and O–H groups in total. The standard InChI is InChI=1S/C17H26N2O2/c18-12-14-6-8-16(9-7-14)17(21)19(10-11-20)13-15-4-2-1-3-5-15/h1-5,14,16,20H,6-13,18H2. The van der Waals surface area contributed by atoms with Crippen LogP contribution in [0.25, 0.3) is 0 Å². The molecule has 0 heterocycles. The molecule has 0 saturated heterocycles. The minimum atomic E-state index is 0.0106. The van der Waals surface area contributed by atoms with E-state index < -0.39 is 0 Å². The molecule has 1 fully saturated rings. The molecule has 0 unspecified atom stereocenters. The molecule has 4 heteroatoms. The first-order chi connectivity index (χ1) is 10.2. The molecular weight excluding hydrogens is 264 g/mol. The van der Waals surface area contributed by atoms with Gasteiger partial charge in [0.05, 0.1) is 6.61 Å². The lowest BCUT2D eigenvalue weighted by Crippen LogP contribution is -2.39. The Bertz CT molecular complexity index is 428. The average Bonchev–Trinajstić information content (AvgIpc) is 2.55. The van der Waals surface area contributed by atoms with Gasteiger partial charge in [0.2, 0.25) is 5.91 Å². The summed E-state index contributed by atoms with van der Waals surface area (Å²) in [4.78, 5) is 14.5. The highest BCUT2D eigenvalue weighted by molar-refractivity contribution is 5.79. The summed E-state index contributed by atoms with van der Waals surface area (Å²) in [6.45, 7) is 1.73. The van der Waals surface area contributed by atoms with Crippen molar-refractivity contribution < 1.29 is 9.90 Å². The number of benzene rings is 1. The lowest BCUT2D eigenvalue weighted by atomic mass is 9.81. The highest BCUT2D eigenvalue weighted by atomic mass is 16.3. The highest BCUT2D eigenvalue weighted by Gasteiger charge is 2.28. The number of hydrogen-bond donors (Lipinski definition) is 2. The van der Waals surface area contributed by atoms with Crippen LogP contribution in [-0.4, -0.2) is 35.6 Å². The van der Waals surface area contributed by atoms with Gasteiger partial charge in [-0.15, -0.1) is 0 Å². The zero-order valence-electron chi connectivity index (χ0n) is 12.6. The van der Waals surface area contributed by atoms with Crippen molar-refractivity contribution in [1.29, 1.82) is 0 Å². The molecule has 21 heavy (non-hydrogen) atoms. The number of nitrogens with two attached hydrogens (primary N) is 1. The first-order valence-electron chi connectivity index (χ1n) is 7.88. The van der Waals surface area contributed by atoms with E-state index in [2.05, 4.69) is 0 Å². The Balaban J connectivity index is 1.96. The van der Waals surface area contributed by atoms with E-state index in [-0.39, 0.29) is 18.4 Å². The molecule has 0 bridgehead atoms. The summed E-state index contributed by atoms with van der Waals surface area (Å²) >= 11 is 0. The van der Waals surface area contributed by atoms with Gasteiger partial charge >= 0.3 is 0 Å². The maximum atomic E-state index is 12.7. The van der Waals surface area contributed by atoms with E-state index in [4.69, 9.17) is 5.73 Å². The number of nitrogens with zero attached hydrogens (tertiary/aromatic N) is 1. The molecule has 1 aliphatic rings. The predicted molar refractivity (Wildman–Crippen MR) is 83.4 cm³/mol. The van der Waals surface area contributed by atoms with E-state index in [0.717, 1.165) is 37.8 Å². The van der Waals surface area contributed by atoms with Gasteiger partial charge in [0, 0.05) is 19.0 Å². The van der Waals surface area contributed by atoms with E-state index >= 15 is 0 Å². The van der Waals surface area contributed by atoms with Crippen LogP contribution in [0.3, 0.4) is 0 Å². The Hall–Kier alpha value is -1.39. The molecule has 1 aliphatic carbocycles. The van der Waals surface area contributed by atoms with Crippen LogP contribution >= 0.6 is 0 Å². The summed E-state index contributed by atoms with van der Waals surface area (Å²) in [5.41, 5.74) is 6.81. The molecule has 116 valence electrons. The van der Waals surface area contributed by atoms with Crippen LogP contribution in [-0.2, 0) is 11.3 Å². The van der Waals surface area contributed by atoms with E-state index in [1.54, 1.807) is 4.90 Å². The van der Waals surface area contributed by atoms with Crippen molar-refractivity contribution in [1.82, 2.24) is 4.90 Å². The minimum Gasteiger partial charge on any atom is -0.395 e. The molecule has 0 atom stereocenters. The maximum Gasteiger partial charge on any atom is 0.226 e. The Labute approximate surface area is 126 Å². The summed E-state index contributed by atoms with van der Waals surface area (Å²) in [6, 6.07) is 9.95. The lowest BCUT2D eigenvalue weighted by Gasteiger charge is -2.31. The monoisotopic (exact) mass is 290 g/mol. The molecular formula is C17H26N2O2. The van der Waals surface area contributed by atoms with Gasteiger partial charge in [0.25, 0.3) is 0 Å². The van der Waals surface area contributed by atoms with Crippen LogP contribution in [0.5, 0.6) is 0 Å². The van der Waals surface area contributed by atoms with Crippen molar-refractivity contribution in [3.8, 4) is 0 Å². The SMILES string of the molecule is NCC1CCC(C(=O)N(CCO)Cc2ccccc2)CC1. The molecule has 0 aromatic heterocycles. The Morgan fingerprint density at radius 3 is 2.43 bits per heavy atom. The van der Waals surface area contributed by atoms with Crippen molar-refractivity contribution in [2.24, 2.45) is 17.6 Å². The van der Waals surface area contributed by atoms with Gasteiger partial charge in [0.15, 0.2) is 0 Å². The number of hydrogen-bond acceptors (Lipinski definition) is 3. The van der Waals surface area contributed by atoms with Gasteiger partial charge in [-0.3, -0.25) is 4.79 Å². The second kappa shape index (κ2) is 8.15. The van der Waals surface area contributed by atoms with Crippen LogP contribution in [0, 0.1) is 11.8 Å². The fourth-order valence-corrected chi connectivity index (χ4v) is 3.09. The second-order valence-corrected chi connectivity index (χ2v) is 5.92. The van der Waals surface area contributed by atoms with Crippen molar-refractivity contribution in [2.45, 2.75) is 32.2 Å². The molecule has 1 aromatic carbocycles. The zero-order chi connectivity index (χ0) is 15.1. The molecule has 4 nitrogen and oxygen atoms in total. The van der Waals surface area contributed by atoms with Crippen molar-refractivity contribution in [2.75, 3.05) is 19.7 Å². The Morgan fingerprint density at radius 2 is 1.86 bits per heavy atom. The molecule has 0 aliphatic heterocycles. The Morgan fingerprint density at radius 1 is 1.19 bits per heavy atom. The number of rotatable bonds is 6. The second-order valence-electron chi connectivity index (χ2n) is 5.92. The highest BCUT2D eigenvalue weighted by Crippen LogP contribution is 2.29. The van der Waals surface area contributed by atoms with Crippen LogP contribution < -0.4 is 5.73 Å².